The Balaban J connectivity index is 2.71. The van der Waals surface area contributed by atoms with Crippen LogP contribution in [-0.4, -0.2) is 24.3 Å². The number of ketones is 1. The summed E-state index contributed by atoms with van der Waals surface area (Å²) in [5.41, 5.74) is 2.62. The molecule has 0 spiro atoms. The topological polar surface area (TPSA) is 55.4 Å². The lowest BCUT2D eigenvalue weighted by Gasteiger charge is -2.11. The van der Waals surface area contributed by atoms with Crippen molar-refractivity contribution in [3.05, 3.63) is 53.1 Å². The lowest BCUT2D eigenvalue weighted by atomic mass is 10.1. The molecule has 1 rings (SSSR count). The number of rotatable bonds is 9. The number of hydrogen-bond donors (Lipinski definition) is 1. The van der Waals surface area contributed by atoms with E-state index in [1.807, 2.05) is 40.7 Å². The number of ether oxygens (including phenoxy) is 1. The quantitative estimate of drug-likeness (QED) is 0.311. The van der Waals surface area contributed by atoms with Gasteiger partial charge in [-0.25, -0.2) is 0 Å². The molecule has 4 nitrogen and oxygen atoms in total. The summed E-state index contributed by atoms with van der Waals surface area (Å²) >= 11 is 0. The average molecular weight is 343 g/mol. The van der Waals surface area contributed by atoms with Crippen LogP contribution in [0.3, 0.4) is 0 Å². The van der Waals surface area contributed by atoms with Crippen LogP contribution in [0, 0.1) is 0 Å². The van der Waals surface area contributed by atoms with Crippen molar-refractivity contribution in [2.45, 2.75) is 53.5 Å². The first kappa shape index (κ1) is 20.8. The van der Waals surface area contributed by atoms with E-state index in [0.717, 1.165) is 12.0 Å². The SMILES string of the molecule is CC(C)=CCC=C(C)CC(=O)Oc1ccccc1C(=O)CNC(C)C. The van der Waals surface area contributed by atoms with Crippen LogP contribution in [0.2, 0.25) is 0 Å². The summed E-state index contributed by atoms with van der Waals surface area (Å²) in [6.07, 6.45) is 5.13. The summed E-state index contributed by atoms with van der Waals surface area (Å²) in [6, 6.07) is 7.08. The summed E-state index contributed by atoms with van der Waals surface area (Å²) in [7, 11) is 0. The highest BCUT2D eigenvalue weighted by Gasteiger charge is 2.15. The molecule has 0 aliphatic rings. The average Bonchev–Trinajstić information content (AvgIpc) is 2.52. The van der Waals surface area contributed by atoms with E-state index in [9.17, 15) is 9.59 Å². The molecule has 0 aromatic heterocycles. The van der Waals surface area contributed by atoms with Gasteiger partial charge in [-0.05, 0) is 39.3 Å². The minimum absolute atomic E-state index is 0.0899. The Morgan fingerprint density at radius 1 is 1.12 bits per heavy atom. The van der Waals surface area contributed by atoms with Crippen molar-refractivity contribution < 1.29 is 14.3 Å². The Morgan fingerprint density at radius 2 is 1.80 bits per heavy atom. The predicted octanol–water partition coefficient (Wildman–Crippen LogP) is 4.47. The molecule has 4 heteroatoms. The zero-order valence-electron chi connectivity index (χ0n) is 15.9. The van der Waals surface area contributed by atoms with E-state index in [2.05, 4.69) is 11.4 Å². The maximum Gasteiger partial charge on any atom is 0.315 e. The lowest BCUT2D eigenvalue weighted by molar-refractivity contribution is -0.133. The van der Waals surface area contributed by atoms with Crippen molar-refractivity contribution in [2.75, 3.05) is 6.54 Å². The maximum atomic E-state index is 12.3. The molecule has 0 atom stereocenters. The van der Waals surface area contributed by atoms with Crippen LogP contribution in [-0.2, 0) is 4.79 Å². The van der Waals surface area contributed by atoms with Gasteiger partial charge in [0.2, 0.25) is 0 Å². The van der Waals surface area contributed by atoms with Crippen LogP contribution < -0.4 is 10.1 Å². The summed E-state index contributed by atoms with van der Waals surface area (Å²) < 4.78 is 5.43. The smallest absolute Gasteiger partial charge is 0.315 e. The molecule has 0 aliphatic carbocycles. The Bertz CT molecular complexity index is 653. The van der Waals surface area contributed by atoms with Crippen LogP contribution in [0.15, 0.2) is 47.6 Å². The molecule has 1 aromatic rings. The second kappa shape index (κ2) is 10.6. The molecule has 0 bridgehead atoms. The van der Waals surface area contributed by atoms with Crippen LogP contribution in [0.1, 0.15) is 57.8 Å². The molecule has 0 saturated carbocycles. The van der Waals surface area contributed by atoms with E-state index in [1.165, 1.54) is 5.57 Å². The molecule has 25 heavy (non-hydrogen) atoms. The molecule has 0 amide bonds. The number of para-hydroxylation sites is 1. The van der Waals surface area contributed by atoms with Gasteiger partial charge in [0, 0.05) is 6.04 Å². The normalized spacial score (nSPS) is 11.4. The lowest BCUT2D eigenvalue weighted by Crippen LogP contribution is -2.29. The van der Waals surface area contributed by atoms with Gasteiger partial charge in [-0.2, -0.15) is 0 Å². The zero-order chi connectivity index (χ0) is 18.8. The number of carbonyl (C=O) groups is 2. The van der Waals surface area contributed by atoms with Gasteiger partial charge < -0.3 is 10.1 Å². The van der Waals surface area contributed by atoms with E-state index in [0.29, 0.717) is 11.3 Å². The molecule has 0 fully saturated rings. The number of nitrogens with one attached hydrogen (secondary N) is 1. The number of Topliss-reactive ketones (excluding diaryl/α,β-unsaturated/α-hetero) is 1. The van der Waals surface area contributed by atoms with Gasteiger partial charge in [0.1, 0.15) is 5.75 Å². The van der Waals surface area contributed by atoms with E-state index < -0.39 is 0 Å². The third-order valence-electron chi connectivity index (χ3n) is 3.50. The predicted molar refractivity (Wildman–Crippen MR) is 102 cm³/mol. The van der Waals surface area contributed by atoms with Gasteiger partial charge in [-0.1, -0.05) is 49.3 Å². The van der Waals surface area contributed by atoms with Gasteiger partial charge in [0.05, 0.1) is 18.5 Å². The maximum absolute atomic E-state index is 12.3. The zero-order valence-corrected chi connectivity index (χ0v) is 15.9. The van der Waals surface area contributed by atoms with E-state index in [4.69, 9.17) is 4.74 Å². The van der Waals surface area contributed by atoms with Crippen LogP contribution in [0.25, 0.3) is 0 Å². The van der Waals surface area contributed by atoms with Gasteiger partial charge in [-0.3, -0.25) is 9.59 Å². The molecule has 1 aromatic carbocycles. The number of esters is 1. The first-order valence-corrected chi connectivity index (χ1v) is 8.65. The summed E-state index contributed by atoms with van der Waals surface area (Å²) in [5, 5.41) is 3.08. The Hall–Kier alpha value is -2.20. The minimum Gasteiger partial charge on any atom is -0.426 e. The molecule has 136 valence electrons. The van der Waals surface area contributed by atoms with E-state index >= 15 is 0 Å². The Labute approximate surface area is 151 Å². The molecule has 0 aliphatic heterocycles. The molecule has 0 radical (unpaired) electrons. The third-order valence-corrected chi connectivity index (χ3v) is 3.50. The molecule has 1 N–H and O–H groups in total. The number of hydrogen-bond acceptors (Lipinski definition) is 4. The van der Waals surface area contributed by atoms with Crippen LogP contribution in [0.4, 0.5) is 0 Å². The molecule has 0 saturated heterocycles. The fraction of sp³-hybridized carbons (Fsp3) is 0.429. The number of carbonyl (C=O) groups excluding carboxylic acids is 2. The van der Waals surface area contributed by atoms with Crippen molar-refractivity contribution >= 4 is 11.8 Å². The van der Waals surface area contributed by atoms with Gasteiger partial charge in [0.15, 0.2) is 5.78 Å². The Kier molecular flexibility index (Phi) is 8.86. The monoisotopic (exact) mass is 343 g/mol. The fourth-order valence-corrected chi connectivity index (χ4v) is 2.13. The first-order valence-electron chi connectivity index (χ1n) is 8.65. The molecular formula is C21H29NO3. The van der Waals surface area contributed by atoms with E-state index in [-0.39, 0.29) is 30.8 Å². The molecule has 0 heterocycles. The summed E-state index contributed by atoms with van der Waals surface area (Å²) in [5.74, 6) is -0.129. The number of allylic oxidation sites excluding steroid dienone is 3. The van der Waals surface area contributed by atoms with Crippen molar-refractivity contribution in [3.8, 4) is 5.75 Å². The standard InChI is InChI=1S/C21H29NO3/c1-15(2)9-8-10-17(5)13-21(24)25-20-12-7-6-11-18(20)19(23)14-22-16(3)4/h6-7,9-12,16,22H,8,13-14H2,1-5H3. The first-order chi connectivity index (χ1) is 11.8. The third kappa shape index (κ3) is 8.45. The largest absolute Gasteiger partial charge is 0.426 e. The summed E-state index contributed by atoms with van der Waals surface area (Å²) in [4.78, 5) is 24.5. The minimum atomic E-state index is -0.358. The molecular weight excluding hydrogens is 314 g/mol. The second-order valence-corrected chi connectivity index (χ2v) is 6.67. The van der Waals surface area contributed by atoms with E-state index in [1.54, 1.807) is 24.3 Å². The van der Waals surface area contributed by atoms with Crippen molar-refractivity contribution in [2.24, 2.45) is 0 Å². The second-order valence-electron chi connectivity index (χ2n) is 6.67. The Morgan fingerprint density at radius 3 is 2.44 bits per heavy atom. The van der Waals surface area contributed by atoms with Crippen molar-refractivity contribution in [1.82, 2.24) is 5.32 Å². The highest BCUT2D eigenvalue weighted by atomic mass is 16.5. The number of benzene rings is 1. The molecule has 0 unspecified atom stereocenters. The van der Waals surface area contributed by atoms with Crippen molar-refractivity contribution in [3.63, 3.8) is 0 Å². The highest BCUT2D eigenvalue weighted by molar-refractivity contribution is 6.00. The summed E-state index contributed by atoms with van der Waals surface area (Å²) in [6.45, 7) is 10.2. The van der Waals surface area contributed by atoms with Gasteiger partial charge in [0.25, 0.3) is 0 Å². The van der Waals surface area contributed by atoms with Crippen molar-refractivity contribution in [1.29, 1.82) is 0 Å². The van der Waals surface area contributed by atoms with Gasteiger partial charge >= 0.3 is 5.97 Å². The van der Waals surface area contributed by atoms with Crippen LogP contribution >= 0.6 is 0 Å². The van der Waals surface area contributed by atoms with Crippen LogP contribution in [0.5, 0.6) is 5.75 Å². The highest BCUT2D eigenvalue weighted by Crippen LogP contribution is 2.20. The van der Waals surface area contributed by atoms with Gasteiger partial charge in [-0.15, -0.1) is 0 Å². The fourth-order valence-electron chi connectivity index (χ4n) is 2.13.